The summed E-state index contributed by atoms with van der Waals surface area (Å²) in [6.07, 6.45) is 0.916. The van der Waals surface area contributed by atoms with E-state index in [0.717, 1.165) is 16.5 Å². The van der Waals surface area contributed by atoms with E-state index in [0.29, 0.717) is 0 Å². The van der Waals surface area contributed by atoms with E-state index < -0.39 is 54.0 Å². The highest BCUT2D eigenvalue weighted by Gasteiger charge is 2.30. The van der Waals surface area contributed by atoms with Gasteiger partial charge in [0.05, 0.1) is 6.10 Å². The Balaban J connectivity index is 2.10. The highest BCUT2D eigenvalue weighted by atomic mass is 16.4. The average molecular weight is 490 g/mol. The monoisotopic (exact) mass is 489 g/mol. The number of carbonyl (C=O) groups is 4. The summed E-state index contributed by atoms with van der Waals surface area (Å²) in [5.41, 5.74) is 7.18. The maximum atomic E-state index is 13.0. The van der Waals surface area contributed by atoms with Crippen LogP contribution in [0.25, 0.3) is 10.9 Å². The van der Waals surface area contributed by atoms with E-state index in [9.17, 15) is 29.4 Å². The molecule has 0 saturated heterocycles. The second-order valence-corrected chi connectivity index (χ2v) is 9.15. The number of H-pyrrole nitrogens is 1. The zero-order valence-electron chi connectivity index (χ0n) is 20.4. The van der Waals surface area contributed by atoms with Gasteiger partial charge in [-0.05, 0) is 37.8 Å². The predicted molar refractivity (Wildman–Crippen MR) is 130 cm³/mol. The third-order valence-electron chi connectivity index (χ3n) is 5.63. The minimum Gasteiger partial charge on any atom is -0.480 e. The summed E-state index contributed by atoms with van der Waals surface area (Å²) in [7, 11) is 0. The fraction of sp³-hybridized carbons (Fsp3) is 0.500. The molecule has 0 aliphatic rings. The molecule has 0 bridgehead atoms. The van der Waals surface area contributed by atoms with Gasteiger partial charge in [0.15, 0.2) is 0 Å². The number of carboxylic acid groups (broad SMARTS) is 1. The van der Waals surface area contributed by atoms with Gasteiger partial charge in [-0.1, -0.05) is 32.0 Å². The molecular weight excluding hydrogens is 454 g/mol. The van der Waals surface area contributed by atoms with Gasteiger partial charge in [-0.25, -0.2) is 4.79 Å². The smallest absolute Gasteiger partial charge is 0.326 e. The molecule has 192 valence electrons. The maximum absolute atomic E-state index is 13.0. The van der Waals surface area contributed by atoms with Crippen LogP contribution in [-0.2, 0) is 25.6 Å². The lowest BCUT2D eigenvalue weighted by Gasteiger charge is -2.25. The van der Waals surface area contributed by atoms with Crippen LogP contribution in [0.2, 0.25) is 0 Å². The van der Waals surface area contributed by atoms with Crippen molar-refractivity contribution in [2.45, 2.75) is 70.8 Å². The van der Waals surface area contributed by atoms with Crippen LogP contribution in [0.3, 0.4) is 0 Å². The van der Waals surface area contributed by atoms with Crippen molar-refractivity contribution in [3.63, 3.8) is 0 Å². The Morgan fingerprint density at radius 2 is 1.57 bits per heavy atom. The van der Waals surface area contributed by atoms with E-state index in [4.69, 9.17) is 5.73 Å². The molecule has 11 nitrogen and oxygen atoms in total. The van der Waals surface area contributed by atoms with Crippen molar-refractivity contribution in [2.75, 3.05) is 0 Å². The number of benzene rings is 1. The number of aliphatic hydroxyl groups is 1. The van der Waals surface area contributed by atoms with Crippen molar-refractivity contribution in [1.29, 1.82) is 0 Å². The first-order valence-electron chi connectivity index (χ1n) is 11.5. The number of nitrogens with one attached hydrogen (secondary N) is 4. The molecular formula is C24H35N5O6. The van der Waals surface area contributed by atoms with Gasteiger partial charge in [-0.15, -0.1) is 0 Å². The number of amides is 3. The van der Waals surface area contributed by atoms with Crippen LogP contribution in [0.15, 0.2) is 30.5 Å². The van der Waals surface area contributed by atoms with Gasteiger partial charge < -0.3 is 36.9 Å². The Morgan fingerprint density at radius 1 is 0.943 bits per heavy atom. The first-order valence-corrected chi connectivity index (χ1v) is 11.5. The molecule has 0 saturated carbocycles. The molecule has 35 heavy (non-hydrogen) atoms. The van der Waals surface area contributed by atoms with Gasteiger partial charge in [-0.3, -0.25) is 14.4 Å². The van der Waals surface area contributed by atoms with Crippen LogP contribution in [0, 0.1) is 5.92 Å². The molecule has 1 aromatic carbocycles. The first-order chi connectivity index (χ1) is 16.4. The van der Waals surface area contributed by atoms with E-state index in [2.05, 4.69) is 20.9 Å². The number of carboxylic acids is 1. The fourth-order valence-corrected chi connectivity index (χ4v) is 3.59. The average Bonchev–Trinajstić information content (AvgIpc) is 3.19. The summed E-state index contributed by atoms with van der Waals surface area (Å²) in [6, 6.07) is 2.97. The summed E-state index contributed by atoms with van der Waals surface area (Å²) in [5.74, 6) is -3.18. The molecule has 0 aliphatic heterocycles. The maximum Gasteiger partial charge on any atom is 0.326 e. The summed E-state index contributed by atoms with van der Waals surface area (Å²) >= 11 is 0. The molecule has 0 spiro atoms. The number of aliphatic hydroxyl groups excluding tert-OH is 1. The first kappa shape index (κ1) is 27.8. The Morgan fingerprint density at radius 3 is 2.17 bits per heavy atom. The highest BCUT2D eigenvalue weighted by molar-refractivity contribution is 5.94. The van der Waals surface area contributed by atoms with Gasteiger partial charge >= 0.3 is 5.97 Å². The second kappa shape index (κ2) is 12.3. The lowest BCUT2D eigenvalue weighted by atomic mass is 10.0. The Labute approximate surface area is 203 Å². The number of aliphatic carboxylic acids is 1. The SMILES string of the molecule is CC(C)CC(NC(=O)C(C)NC(=O)C(N)C(C)O)C(=O)NC(Cc1c[nH]c2ccccc12)C(=O)O. The number of para-hydroxylation sites is 1. The highest BCUT2D eigenvalue weighted by Crippen LogP contribution is 2.19. The van der Waals surface area contributed by atoms with E-state index in [1.54, 1.807) is 6.20 Å². The summed E-state index contributed by atoms with van der Waals surface area (Å²) in [4.78, 5) is 52.7. The van der Waals surface area contributed by atoms with Gasteiger partial charge in [0.25, 0.3) is 0 Å². The van der Waals surface area contributed by atoms with Crippen LogP contribution in [0.4, 0.5) is 0 Å². The summed E-state index contributed by atoms with van der Waals surface area (Å²) in [6.45, 7) is 6.50. The van der Waals surface area contributed by atoms with Gasteiger partial charge in [0.1, 0.15) is 24.2 Å². The molecule has 5 atom stereocenters. The molecule has 2 rings (SSSR count). The Hall–Kier alpha value is -3.44. The lowest BCUT2D eigenvalue weighted by molar-refractivity contribution is -0.142. The van der Waals surface area contributed by atoms with Crippen LogP contribution in [0.5, 0.6) is 0 Å². The number of rotatable bonds is 12. The lowest BCUT2D eigenvalue weighted by Crippen LogP contribution is -2.57. The molecule has 1 heterocycles. The van der Waals surface area contributed by atoms with E-state index >= 15 is 0 Å². The third-order valence-corrected chi connectivity index (χ3v) is 5.63. The Bertz CT molecular complexity index is 1050. The summed E-state index contributed by atoms with van der Waals surface area (Å²) in [5, 5.41) is 27.6. The van der Waals surface area contributed by atoms with Gasteiger partial charge in [-0.2, -0.15) is 0 Å². The third kappa shape index (κ3) is 7.79. The van der Waals surface area contributed by atoms with Crippen LogP contribution in [0.1, 0.15) is 39.7 Å². The zero-order chi connectivity index (χ0) is 26.3. The van der Waals surface area contributed by atoms with Crippen molar-refractivity contribution in [3.8, 4) is 0 Å². The fourth-order valence-electron chi connectivity index (χ4n) is 3.59. The van der Waals surface area contributed by atoms with E-state index in [1.807, 2.05) is 38.1 Å². The van der Waals surface area contributed by atoms with Crippen LogP contribution in [-0.4, -0.2) is 69.2 Å². The number of hydrogen-bond donors (Lipinski definition) is 7. The quantitative estimate of drug-likeness (QED) is 0.219. The number of aromatic nitrogens is 1. The minimum atomic E-state index is -1.21. The van der Waals surface area contributed by atoms with E-state index in [1.165, 1.54) is 13.8 Å². The van der Waals surface area contributed by atoms with Crippen LogP contribution >= 0.6 is 0 Å². The molecule has 0 fully saturated rings. The van der Waals surface area contributed by atoms with Gasteiger partial charge in [0.2, 0.25) is 17.7 Å². The molecule has 0 aliphatic carbocycles. The molecule has 3 amide bonds. The zero-order valence-corrected chi connectivity index (χ0v) is 20.4. The predicted octanol–water partition coefficient (Wildman–Crippen LogP) is 0.0235. The molecule has 11 heteroatoms. The molecule has 8 N–H and O–H groups in total. The topological polar surface area (TPSA) is 187 Å². The van der Waals surface area contributed by atoms with Crippen molar-refractivity contribution in [2.24, 2.45) is 11.7 Å². The number of carbonyl (C=O) groups excluding carboxylic acids is 3. The standard InChI is InChI=1S/C24H35N5O6/c1-12(2)9-18(28-21(31)13(3)27-23(33)20(25)14(4)30)22(32)29-19(24(34)35)10-15-11-26-17-8-6-5-7-16(15)17/h5-8,11-14,18-20,26,30H,9-10,25H2,1-4H3,(H,27,33)(H,28,31)(H,29,32)(H,34,35). The number of fused-ring (bicyclic) bond motifs is 1. The minimum absolute atomic E-state index is 0.0107. The molecule has 2 aromatic rings. The van der Waals surface area contributed by atoms with Crippen molar-refractivity contribution in [3.05, 3.63) is 36.0 Å². The largest absolute Gasteiger partial charge is 0.480 e. The Kier molecular flexibility index (Phi) is 9.78. The second-order valence-electron chi connectivity index (χ2n) is 9.15. The van der Waals surface area contributed by atoms with E-state index in [-0.39, 0.29) is 18.8 Å². The van der Waals surface area contributed by atoms with Crippen molar-refractivity contribution < 1.29 is 29.4 Å². The number of nitrogens with two attached hydrogens (primary N) is 1. The molecule has 5 unspecified atom stereocenters. The van der Waals surface area contributed by atoms with Crippen LogP contribution < -0.4 is 21.7 Å². The number of aromatic amines is 1. The molecule has 1 aromatic heterocycles. The normalized spacial score (nSPS) is 15.6. The molecule has 0 radical (unpaired) electrons. The van der Waals surface area contributed by atoms with Crippen molar-refractivity contribution in [1.82, 2.24) is 20.9 Å². The van der Waals surface area contributed by atoms with Gasteiger partial charge in [0, 0.05) is 23.5 Å². The summed E-state index contributed by atoms with van der Waals surface area (Å²) < 4.78 is 0. The number of hydrogen-bond acceptors (Lipinski definition) is 6. The van der Waals surface area contributed by atoms with Crippen molar-refractivity contribution >= 4 is 34.6 Å².